The van der Waals surface area contributed by atoms with Gasteiger partial charge in [0.15, 0.2) is 15.8 Å². The van der Waals surface area contributed by atoms with Gasteiger partial charge < -0.3 is 10.6 Å². The van der Waals surface area contributed by atoms with Gasteiger partial charge >= 0.3 is 0 Å². The van der Waals surface area contributed by atoms with Crippen LogP contribution in [0.25, 0.3) is 0 Å². The van der Waals surface area contributed by atoms with Crippen LogP contribution < -0.4 is 10.6 Å². The Kier molecular flexibility index (Phi) is 8.60. The lowest BCUT2D eigenvalue weighted by Gasteiger charge is -2.13. The number of benzene rings is 2. The highest BCUT2D eigenvalue weighted by atomic mass is 127. The van der Waals surface area contributed by atoms with Crippen molar-refractivity contribution in [3.05, 3.63) is 64.7 Å². The minimum Gasteiger partial charge on any atom is -0.352 e. The molecule has 0 atom stereocenters. The molecule has 0 heterocycles. The molecule has 0 aliphatic rings. The Morgan fingerprint density at radius 3 is 2.33 bits per heavy atom. The molecule has 0 bridgehead atoms. The summed E-state index contributed by atoms with van der Waals surface area (Å²) in [7, 11) is -1.69. The van der Waals surface area contributed by atoms with Gasteiger partial charge in [-0.1, -0.05) is 12.1 Å². The number of halogens is 3. The number of sulfone groups is 1. The SMILES string of the molecule is CN=C(NCc1ccc(S(C)(=O)=O)c(C)c1)NCc1cc(F)ccc1F.I. The maximum atomic E-state index is 13.6. The molecule has 0 saturated carbocycles. The third kappa shape index (κ3) is 6.73. The van der Waals surface area contributed by atoms with Crippen molar-refractivity contribution in [1.82, 2.24) is 10.6 Å². The average Bonchev–Trinajstić information content (AvgIpc) is 2.56. The summed E-state index contributed by atoms with van der Waals surface area (Å²) < 4.78 is 50.1. The van der Waals surface area contributed by atoms with Crippen molar-refractivity contribution in [2.45, 2.75) is 24.9 Å². The standard InChI is InChI=1S/C18H21F2N3O2S.HI/c1-12-8-13(4-7-17(12)26(3,24)25)10-22-18(21-2)23-11-14-9-15(19)5-6-16(14)20;/h4-9H,10-11H2,1-3H3,(H2,21,22,23);1H. The highest BCUT2D eigenvalue weighted by Gasteiger charge is 2.11. The van der Waals surface area contributed by atoms with Crippen LogP contribution in [-0.4, -0.2) is 27.7 Å². The number of nitrogens with one attached hydrogen (secondary N) is 2. The van der Waals surface area contributed by atoms with E-state index in [-0.39, 0.29) is 36.1 Å². The third-order valence-electron chi connectivity index (χ3n) is 3.78. The smallest absolute Gasteiger partial charge is 0.191 e. The van der Waals surface area contributed by atoms with E-state index in [2.05, 4.69) is 15.6 Å². The molecule has 9 heteroatoms. The number of nitrogens with zero attached hydrogens (tertiary/aromatic N) is 1. The van der Waals surface area contributed by atoms with Crippen LogP contribution in [0.3, 0.4) is 0 Å². The average molecular weight is 509 g/mol. The quantitative estimate of drug-likeness (QED) is 0.369. The molecule has 0 aromatic heterocycles. The maximum Gasteiger partial charge on any atom is 0.191 e. The molecule has 5 nitrogen and oxygen atoms in total. The van der Waals surface area contributed by atoms with E-state index in [1.165, 1.54) is 6.26 Å². The number of hydrogen-bond donors (Lipinski definition) is 2. The van der Waals surface area contributed by atoms with Gasteiger partial charge in [0.2, 0.25) is 0 Å². The molecule has 0 aliphatic heterocycles. The molecule has 2 aromatic carbocycles. The molecule has 0 unspecified atom stereocenters. The summed E-state index contributed by atoms with van der Waals surface area (Å²) in [6, 6.07) is 8.34. The van der Waals surface area contributed by atoms with E-state index in [0.717, 1.165) is 23.8 Å². The summed E-state index contributed by atoms with van der Waals surface area (Å²) in [6.45, 7) is 2.21. The second kappa shape index (κ2) is 9.98. The van der Waals surface area contributed by atoms with Crippen molar-refractivity contribution in [2.75, 3.05) is 13.3 Å². The lowest BCUT2D eigenvalue weighted by molar-refractivity contribution is 0.581. The molecule has 27 heavy (non-hydrogen) atoms. The van der Waals surface area contributed by atoms with Crippen LogP contribution in [0.5, 0.6) is 0 Å². The molecule has 0 amide bonds. The van der Waals surface area contributed by atoms with E-state index in [0.29, 0.717) is 23.0 Å². The summed E-state index contributed by atoms with van der Waals surface area (Å²) >= 11 is 0. The molecular formula is C18H22F2IN3O2S. The Bertz CT molecular complexity index is 934. The van der Waals surface area contributed by atoms with Crippen LogP contribution in [0.15, 0.2) is 46.3 Å². The van der Waals surface area contributed by atoms with Gasteiger partial charge in [0.05, 0.1) is 4.90 Å². The molecule has 2 N–H and O–H groups in total. The largest absolute Gasteiger partial charge is 0.352 e. The molecule has 0 spiro atoms. The number of guanidine groups is 1. The zero-order chi connectivity index (χ0) is 19.3. The number of aliphatic imine (C=N–C) groups is 1. The molecule has 0 saturated heterocycles. The Balaban J connectivity index is 0.00000364. The number of rotatable bonds is 5. The molecule has 0 radical (unpaired) electrons. The van der Waals surface area contributed by atoms with E-state index in [4.69, 9.17) is 0 Å². The first-order chi connectivity index (χ1) is 12.2. The second-order valence-electron chi connectivity index (χ2n) is 5.89. The lowest BCUT2D eigenvalue weighted by atomic mass is 10.1. The van der Waals surface area contributed by atoms with Crippen LogP contribution in [0.4, 0.5) is 8.78 Å². The fourth-order valence-corrected chi connectivity index (χ4v) is 3.46. The lowest BCUT2D eigenvalue weighted by Crippen LogP contribution is -2.36. The number of aryl methyl sites for hydroxylation is 1. The van der Waals surface area contributed by atoms with Gasteiger partial charge in [0, 0.05) is 32.0 Å². The molecule has 2 rings (SSSR count). The monoisotopic (exact) mass is 509 g/mol. The Morgan fingerprint density at radius 2 is 1.74 bits per heavy atom. The first kappa shape index (κ1) is 23.3. The predicted octanol–water partition coefficient (Wildman–Crippen LogP) is 3.16. The number of hydrogen-bond acceptors (Lipinski definition) is 3. The highest BCUT2D eigenvalue weighted by molar-refractivity contribution is 14.0. The fraction of sp³-hybridized carbons (Fsp3) is 0.278. The predicted molar refractivity (Wildman–Crippen MR) is 113 cm³/mol. The van der Waals surface area contributed by atoms with Crippen molar-refractivity contribution in [2.24, 2.45) is 4.99 Å². The first-order valence-corrected chi connectivity index (χ1v) is 9.78. The third-order valence-corrected chi connectivity index (χ3v) is 5.03. The van der Waals surface area contributed by atoms with Crippen LogP contribution in [-0.2, 0) is 22.9 Å². The highest BCUT2D eigenvalue weighted by Crippen LogP contribution is 2.16. The van der Waals surface area contributed by atoms with Gasteiger partial charge in [0.1, 0.15) is 11.6 Å². The summed E-state index contributed by atoms with van der Waals surface area (Å²) in [4.78, 5) is 4.33. The van der Waals surface area contributed by atoms with Crippen LogP contribution in [0, 0.1) is 18.6 Å². The summed E-state index contributed by atoms with van der Waals surface area (Å²) in [6.07, 6.45) is 1.17. The molecular weight excluding hydrogens is 487 g/mol. The Hall–Kier alpha value is -1.75. The van der Waals surface area contributed by atoms with Crippen molar-refractivity contribution < 1.29 is 17.2 Å². The van der Waals surface area contributed by atoms with Gasteiger partial charge in [-0.25, -0.2) is 17.2 Å². The molecule has 0 aliphatic carbocycles. The summed E-state index contributed by atoms with van der Waals surface area (Å²) in [5.41, 5.74) is 1.73. The van der Waals surface area contributed by atoms with E-state index in [9.17, 15) is 17.2 Å². The fourth-order valence-electron chi connectivity index (χ4n) is 2.50. The van der Waals surface area contributed by atoms with Crippen molar-refractivity contribution in [3.8, 4) is 0 Å². The van der Waals surface area contributed by atoms with Crippen LogP contribution in [0.2, 0.25) is 0 Å². The topological polar surface area (TPSA) is 70.6 Å². The van der Waals surface area contributed by atoms with Gasteiger partial charge in [0.25, 0.3) is 0 Å². The van der Waals surface area contributed by atoms with Gasteiger partial charge in [-0.2, -0.15) is 0 Å². The minimum atomic E-state index is -3.26. The van der Waals surface area contributed by atoms with Gasteiger partial charge in [-0.3, -0.25) is 4.99 Å². The molecule has 148 valence electrons. The van der Waals surface area contributed by atoms with Crippen LogP contribution >= 0.6 is 24.0 Å². The summed E-state index contributed by atoms with van der Waals surface area (Å²) in [5, 5.41) is 5.96. The van der Waals surface area contributed by atoms with E-state index < -0.39 is 21.5 Å². The normalized spacial score (nSPS) is 11.7. The van der Waals surface area contributed by atoms with E-state index in [1.54, 1.807) is 32.2 Å². The van der Waals surface area contributed by atoms with Crippen molar-refractivity contribution in [1.29, 1.82) is 0 Å². The zero-order valence-corrected chi connectivity index (χ0v) is 18.4. The maximum absolute atomic E-state index is 13.6. The van der Waals surface area contributed by atoms with E-state index in [1.807, 2.05) is 0 Å². The van der Waals surface area contributed by atoms with Gasteiger partial charge in [-0.15, -0.1) is 24.0 Å². The van der Waals surface area contributed by atoms with Gasteiger partial charge in [-0.05, 0) is 42.3 Å². The Labute approximate surface area is 175 Å². The molecule has 2 aromatic rings. The Morgan fingerprint density at radius 1 is 1.07 bits per heavy atom. The zero-order valence-electron chi connectivity index (χ0n) is 15.2. The minimum absolute atomic E-state index is 0. The van der Waals surface area contributed by atoms with Crippen molar-refractivity contribution >= 4 is 39.8 Å². The first-order valence-electron chi connectivity index (χ1n) is 7.88. The summed E-state index contributed by atoms with van der Waals surface area (Å²) in [5.74, 6) is -0.590. The molecule has 0 fully saturated rings. The van der Waals surface area contributed by atoms with E-state index >= 15 is 0 Å². The second-order valence-corrected chi connectivity index (χ2v) is 7.87. The van der Waals surface area contributed by atoms with Crippen LogP contribution in [0.1, 0.15) is 16.7 Å². The van der Waals surface area contributed by atoms with Crippen molar-refractivity contribution in [3.63, 3.8) is 0 Å².